The normalized spacial score (nSPS) is 18.3. The fourth-order valence-electron chi connectivity index (χ4n) is 3.19. The van der Waals surface area contributed by atoms with E-state index in [0.717, 1.165) is 37.3 Å². The quantitative estimate of drug-likeness (QED) is 0.931. The van der Waals surface area contributed by atoms with Gasteiger partial charge in [-0.1, -0.05) is 17.7 Å². The SMILES string of the molecule is Cn1ccnc1[C@H](O)C1CCN(Cc2ccc(F)cc2Cl)CC1. The molecule has 0 radical (unpaired) electrons. The minimum absolute atomic E-state index is 0.219. The Bertz CT molecular complexity index is 668. The monoisotopic (exact) mass is 337 g/mol. The molecule has 1 aromatic carbocycles. The molecule has 6 heteroatoms. The number of rotatable bonds is 4. The van der Waals surface area contributed by atoms with E-state index in [1.54, 1.807) is 12.3 Å². The van der Waals surface area contributed by atoms with Gasteiger partial charge in [0.05, 0.1) is 0 Å². The van der Waals surface area contributed by atoms with Crippen LogP contribution in [0.25, 0.3) is 0 Å². The summed E-state index contributed by atoms with van der Waals surface area (Å²) in [6.45, 7) is 2.49. The summed E-state index contributed by atoms with van der Waals surface area (Å²) >= 11 is 6.10. The predicted molar refractivity (Wildman–Crippen MR) is 87.6 cm³/mol. The third-order valence-corrected chi connectivity index (χ3v) is 4.96. The van der Waals surface area contributed by atoms with Crippen molar-refractivity contribution < 1.29 is 9.50 Å². The first kappa shape index (κ1) is 16.4. The van der Waals surface area contributed by atoms with Crippen LogP contribution in [-0.2, 0) is 13.6 Å². The molecule has 2 aromatic rings. The van der Waals surface area contributed by atoms with Crippen LogP contribution in [0, 0.1) is 11.7 Å². The maximum absolute atomic E-state index is 13.1. The van der Waals surface area contributed by atoms with Crippen LogP contribution in [0.1, 0.15) is 30.3 Å². The van der Waals surface area contributed by atoms with Gasteiger partial charge in [0.15, 0.2) is 0 Å². The summed E-state index contributed by atoms with van der Waals surface area (Å²) in [6, 6.07) is 4.54. The van der Waals surface area contributed by atoms with E-state index >= 15 is 0 Å². The van der Waals surface area contributed by atoms with Crippen LogP contribution < -0.4 is 0 Å². The Morgan fingerprint density at radius 1 is 1.39 bits per heavy atom. The van der Waals surface area contributed by atoms with E-state index in [0.29, 0.717) is 11.6 Å². The Kier molecular flexibility index (Phi) is 4.99. The smallest absolute Gasteiger partial charge is 0.137 e. The molecule has 4 nitrogen and oxygen atoms in total. The minimum Gasteiger partial charge on any atom is -0.385 e. The van der Waals surface area contributed by atoms with Gasteiger partial charge in [-0.25, -0.2) is 9.37 Å². The summed E-state index contributed by atoms with van der Waals surface area (Å²) < 4.78 is 15.0. The Labute approximate surface area is 140 Å². The molecule has 1 fully saturated rings. The number of aryl methyl sites for hydroxylation is 1. The number of aliphatic hydroxyl groups is 1. The molecule has 124 valence electrons. The van der Waals surface area contributed by atoms with Crippen LogP contribution in [-0.4, -0.2) is 32.6 Å². The van der Waals surface area contributed by atoms with Gasteiger partial charge < -0.3 is 9.67 Å². The maximum atomic E-state index is 13.1. The molecule has 0 spiro atoms. The van der Waals surface area contributed by atoms with Crippen molar-refractivity contribution in [2.24, 2.45) is 13.0 Å². The zero-order valence-corrected chi connectivity index (χ0v) is 13.9. The second-order valence-electron chi connectivity index (χ2n) is 6.19. The van der Waals surface area contributed by atoms with Crippen LogP contribution >= 0.6 is 11.6 Å². The van der Waals surface area contributed by atoms with Gasteiger partial charge in [-0.05, 0) is 49.5 Å². The molecule has 0 saturated carbocycles. The van der Waals surface area contributed by atoms with Gasteiger partial charge in [0.25, 0.3) is 0 Å². The highest BCUT2D eigenvalue weighted by Crippen LogP contribution is 2.30. The molecule has 1 aliphatic heterocycles. The van der Waals surface area contributed by atoms with Crippen molar-refractivity contribution >= 4 is 11.6 Å². The van der Waals surface area contributed by atoms with E-state index in [9.17, 15) is 9.50 Å². The molecule has 0 amide bonds. The fourth-order valence-corrected chi connectivity index (χ4v) is 3.42. The van der Waals surface area contributed by atoms with Crippen LogP contribution in [0.2, 0.25) is 5.02 Å². The first-order chi connectivity index (χ1) is 11.0. The average molecular weight is 338 g/mol. The molecule has 1 N–H and O–H groups in total. The number of hydrogen-bond acceptors (Lipinski definition) is 3. The predicted octanol–water partition coefficient (Wildman–Crippen LogP) is 3.16. The van der Waals surface area contributed by atoms with E-state index in [4.69, 9.17) is 11.6 Å². The second-order valence-corrected chi connectivity index (χ2v) is 6.60. The van der Waals surface area contributed by atoms with Gasteiger partial charge >= 0.3 is 0 Å². The summed E-state index contributed by atoms with van der Waals surface area (Å²) in [5, 5.41) is 11.0. The lowest BCUT2D eigenvalue weighted by atomic mass is 9.90. The van der Waals surface area contributed by atoms with Gasteiger partial charge in [0.2, 0.25) is 0 Å². The maximum Gasteiger partial charge on any atom is 0.137 e. The van der Waals surface area contributed by atoms with Crippen LogP contribution in [0.4, 0.5) is 4.39 Å². The highest BCUT2D eigenvalue weighted by molar-refractivity contribution is 6.31. The van der Waals surface area contributed by atoms with E-state index in [1.165, 1.54) is 12.1 Å². The molecule has 3 rings (SSSR count). The van der Waals surface area contributed by atoms with Gasteiger partial charge in [-0.3, -0.25) is 4.90 Å². The Hall–Kier alpha value is -1.43. The zero-order valence-electron chi connectivity index (χ0n) is 13.1. The molecular weight excluding hydrogens is 317 g/mol. The molecule has 1 atom stereocenters. The number of likely N-dealkylation sites (tertiary alicyclic amines) is 1. The highest BCUT2D eigenvalue weighted by atomic mass is 35.5. The number of piperidine rings is 1. The standard InChI is InChI=1S/C17H21ClFN3O/c1-21-9-6-20-17(21)16(23)12-4-7-22(8-5-12)11-13-2-3-14(19)10-15(13)18/h2-3,6,9-10,12,16,23H,4-5,7-8,11H2,1H3/t16-/m1/s1. The van der Waals surface area contributed by atoms with Crippen molar-refractivity contribution in [1.29, 1.82) is 0 Å². The number of imidazole rings is 1. The summed E-state index contributed by atoms with van der Waals surface area (Å²) in [7, 11) is 1.90. The second kappa shape index (κ2) is 6.99. The molecule has 0 bridgehead atoms. The molecule has 0 aliphatic carbocycles. The molecule has 2 heterocycles. The number of halogens is 2. The van der Waals surface area contributed by atoms with Gasteiger partial charge in [0, 0.05) is 31.0 Å². The number of benzene rings is 1. The van der Waals surface area contributed by atoms with Gasteiger partial charge in [0.1, 0.15) is 17.7 Å². The van der Waals surface area contributed by atoms with Crippen LogP contribution in [0.5, 0.6) is 0 Å². The lowest BCUT2D eigenvalue weighted by Gasteiger charge is -2.34. The number of nitrogens with zero attached hydrogens (tertiary/aromatic N) is 3. The van der Waals surface area contributed by atoms with Crippen molar-refractivity contribution in [1.82, 2.24) is 14.5 Å². The Morgan fingerprint density at radius 2 is 2.13 bits per heavy atom. The Balaban J connectivity index is 1.57. The third kappa shape index (κ3) is 3.74. The average Bonchev–Trinajstić information content (AvgIpc) is 2.96. The zero-order chi connectivity index (χ0) is 16.4. The summed E-state index contributed by atoms with van der Waals surface area (Å²) in [5.41, 5.74) is 0.941. The van der Waals surface area contributed by atoms with Gasteiger partial charge in [-0.2, -0.15) is 0 Å². The minimum atomic E-state index is -0.522. The van der Waals surface area contributed by atoms with Crippen molar-refractivity contribution in [3.63, 3.8) is 0 Å². The first-order valence-corrected chi connectivity index (χ1v) is 8.24. The van der Waals surface area contributed by atoms with E-state index in [2.05, 4.69) is 9.88 Å². The third-order valence-electron chi connectivity index (χ3n) is 4.61. The first-order valence-electron chi connectivity index (χ1n) is 7.86. The van der Waals surface area contributed by atoms with Crippen molar-refractivity contribution in [3.8, 4) is 0 Å². The molecule has 1 aromatic heterocycles. The number of hydrogen-bond donors (Lipinski definition) is 1. The van der Waals surface area contributed by atoms with Crippen LogP contribution in [0.3, 0.4) is 0 Å². The molecule has 1 aliphatic rings. The summed E-state index contributed by atoms with van der Waals surface area (Å²) in [6.07, 6.45) is 4.86. The van der Waals surface area contributed by atoms with E-state index < -0.39 is 6.10 Å². The van der Waals surface area contributed by atoms with Crippen molar-refractivity contribution in [3.05, 3.63) is 52.8 Å². The number of aliphatic hydroxyl groups excluding tert-OH is 1. The number of aromatic nitrogens is 2. The fraction of sp³-hybridized carbons (Fsp3) is 0.471. The topological polar surface area (TPSA) is 41.3 Å². The molecular formula is C17H21ClFN3O. The largest absolute Gasteiger partial charge is 0.385 e. The summed E-state index contributed by atoms with van der Waals surface area (Å²) in [5.74, 6) is 0.636. The lowest BCUT2D eigenvalue weighted by molar-refractivity contribution is 0.0492. The summed E-state index contributed by atoms with van der Waals surface area (Å²) in [4.78, 5) is 6.54. The Morgan fingerprint density at radius 3 is 2.74 bits per heavy atom. The molecule has 1 saturated heterocycles. The molecule has 23 heavy (non-hydrogen) atoms. The van der Waals surface area contributed by atoms with E-state index in [-0.39, 0.29) is 11.7 Å². The van der Waals surface area contributed by atoms with Crippen molar-refractivity contribution in [2.75, 3.05) is 13.1 Å². The van der Waals surface area contributed by atoms with Crippen LogP contribution in [0.15, 0.2) is 30.6 Å². The highest BCUT2D eigenvalue weighted by Gasteiger charge is 2.28. The van der Waals surface area contributed by atoms with Gasteiger partial charge in [-0.15, -0.1) is 0 Å². The lowest BCUT2D eigenvalue weighted by Crippen LogP contribution is -2.35. The molecule has 0 unspecified atom stereocenters. The van der Waals surface area contributed by atoms with Crippen molar-refractivity contribution in [2.45, 2.75) is 25.5 Å². The van der Waals surface area contributed by atoms with E-state index in [1.807, 2.05) is 17.8 Å².